The van der Waals surface area contributed by atoms with Crippen LogP contribution < -0.4 is 10.8 Å². The molecule has 4 aliphatic carbocycles. The van der Waals surface area contributed by atoms with Gasteiger partial charge in [-0.15, -0.1) is 0 Å². The molecule has 1 radical (unpaired) electrons. The zero-order valence-corrected chi connectivity index (χ0v) is 17.4. The first-order chi connectivity index (χ1) is 14.0. The first kappa shape index (κ1) is 18.7. The van der Waals surface area contributed by atoms with Crippen molar-refractivity contribution in [1.29, 1.82) is 0 Å². The summed E-state index contributed by atoms with van der Waals surface area (Å²) in [4.78, 5) is 18.8. The number of para-hydroxylation sites is 1. The summed E-state index contributed by atoms with van der Waals surface area (Å²) >= 11 is 0. The van der Waals surface area contributed by atoms with Gasteiger partial charge >= 0.3 is 5.97 Å². The minimum absolute atomic E-state index is 0.125. The number of anilines is 2. The van der Waals surface area contributed by atoms with E-state index in [1.54, 1.807) is 0 Å². The van der Waals surface area contributed by atoms with Crippen molar-refractivity contribution in [1.82, 2.24) is 0 Å². The molecule has 2 aromatic carbocycles. The van der Waals surface area contributed by atoms with Crippen LogP contribution in [0.25, 0.3) is 0 Å². The third-order valence-electron chi connectivity index (χ3n) is 7.52. The van der Waals surface area contributed by atoms with Gasteiger partial charge in [0.2, 0.25) is 0 Å². The van der Waals surface area contributed by atoms with Gasteiger partial charge in [-0.1, -0.05) is 34.6 Å². The van der Waals surface area contributed by atoms with Crippen LogP contribution in [0.2, 0.25) is 0 Å². The SMILES string of the molecule is Cc1cccc(Nc2ccccc2C(=[O+])O[NH2+]C23CC4CC(CC(C4)C2)C3)c1C. The third kappa shape index (κ3) is 3.55. The lowest BCUT2D eigenvalue weighted by Crippen LogP contribution is -2.98. The standard InChI is InChI=1S/C25H30N2O2/c1-16-6-5-9-22(17(16)2)26-23-8-4-3-7-21(23)24(28)29-27-25-13-18-10-19(14-25)12-20(11-18)15-25/h3-9,18-20,26-27H,10-15H2,1-2H3/q+1/p+1. The van der Waals surface area contributed by atoms with Crippen molar-refractivity contribution in [2.75, 3.05) is 5.32 Å². The van der Waals surface area contributed by atoms with E-state index in [1.807, 2.05) is 41.9 Å². The number of carbonyl (C=O) groups is 1. The van der Waals surface area contributed by atoms with Gasteiger partial charge in [0.15, 0.2) is 11.1 Å². The Morgan fingerprint density at radius 3 is 2.24 bits per heavy atom. The second-order valence-corrected chi connectivity index (χ2v) is 9.72. The molecule has 151 valence electrons. The maximum atomic E-state index is 13.0. The summed E-state index contributed by atoms with van der Waals surface area (Å²) in [6, 6.07) is 13.8. The molecular formula is C25H31N2O2+2. The van der Waals surface area contributed by atoms with E-state index in [-0.39, 0.29) is 11.5 Å². The first-order valence-electron chi connectivity index (χ1n) is 11.0. The van der Waals surface area contributed by atoms with Gasteiger partial charge in [0.1, 0.15) is 0 Å². The number of nitrogens with two attached hydrogens (primary N) is 1. The second kappa shape index (κ2) is 7.17. The Balaban J connectivity index is 1.31. The molecule has 0 saturated heterocycles. The lowest BCUT2D eigenvalue weighted by molar-refractivity contribution is -0.926. The number of hydrogen-bond donors (Lipinski definition) is 2. The molecule has 4 fully saturated rings. The van der Waals surface area contributed by atoms with Gasteiger partial charge in [-0.2, -0.15) is 0 Å². The highest BCUT2D eigenvalue weighted by Crippen LogP contribution is 2.54. The third-order valence-corrected chi connectivity index (χ3v) is 7.52. The predicted octanol–water partition coefficient (Wildman–Crippen LogP) is 4.65. The average Bonchev–Trinajstić information content (AvgIpc) is 2.69. The number of aryl methyl sites for hydroxylation is 1. The molecule has 2 aromatic rings. The number of carbonyl (C=O) groups excluding carboxylic acids is 1. The van der Waals surface area contributed by atoms with Crippen LogP contribution in [0.5, 0.6) is 0 Å². The molecular weight excluding hydrogens is 360 g/mol. The van der Waals surface area contributed by atoms with Crippen molar-refractivity contribution in [3.63, 3.8) is 0 Å². The summed E-state index contributed by atoms with van der Waals surface area (Å²) < 4.78 is 0. The molecule has 6 rings (SSSR count). The molecule has 4 aliphatic rings. The monoisotopic (exact) mass is 391 g/mol. The van der Waals surface area contributed by atoms with Gasteiger partial charge in [0, 0.05) is 24.9 Å². The number of nitrogens with one attached hydrogen (secondary N) is 1. The van der Waals surface area contributed by atoms with Gasteiger partial charge in [-0.3, -0.25) is 0 Å². The van der Waals surface area contributed by atoms with E-state index in [4.69, 9.17) is 4.84 Å². The molecule has 4 bridgehead atoms. The van der Waals surface area contributed by atoms with E-state index in [0.717, 1.165) is 29.1 Å². The number of hydrogen-bond acceptors (Lipinski definition) is 3. The highest BCUT2D eigenvalue weighted by Gasteiger charge is 2.56. The van der Waals surface area contributed by atoms with E-state index in [2.05, 4.69) is 25.2 Å². The predicted molar refractivity (Wildman–Crippen MR) is 114 cm³/mol. The zero-order valence-electron chi connectivity index (χ0n) is 17.4. The molecule has 0 spiro atoms. The van der Waals surface area contributed by atoms with Gasteiger partial charge < -0.3 is 5.32 Å². The minimum atomic E-state index is -0.255. The summed E-state index contributed by atoms with van der Waals surface area (Å²) in [5.41, 5.74) is 6.88. The normalized spacial score (nSPS) is 29.7. The van der Waals surface area contributed by atoms with Crippen molar-refractivity contribution in [2.24, 2.45) is 17.8 Å². The van der Waals surface area contributed by atoms with Gasteiger partial charge in [-0.05, 0) is 80.2 Å². The molecule has 29 heavy (non-hydrogen) atoms. The summed E-state index contributed by atoms with van der Waals surface area (Å²) in [6.45, 7) is 4.19. The Bertz CT molecular complexity index is 901. The lowest BCUT2D eigenvalue weighted by atomic mass is 9.53. The van der Waals surface area contributed by atoms with E-state index >= 15 is 0 Å². The number of rotatable bonds is 5. The largest absolute Gasteiger partial charge is 0.672 e. The Hall–Kier alpha value is -2.33. The Morgan fingerprint density at radius 2 is 1.55 bits per heavy atom. The quantitative estimate of drug-likeness (QED) is 0.576. The van der Waals surface area contributed by atoms with Crippen LogP contribution in [0.4, 0.5) is 11.4 Å². The summed E-state index contributed by atoms with van der Waals surface area (Å²) in [5, 5.41) is 3.44. The van der Waals surface area contributed by atoms with Gasteiger partial charge in [0.05, 0.1) is 10.5 Å². The van der Waals surface area contributed by atoms with Crippen molar-refractivity contribution in [2.45, 2.75) is 57.9 Å². The number of hydroxylamine groups is 1. The van der Waals surface area contributed by atoms with E-state index < -0.39 is 0 Å². The Morgan fingerprint density at radius 1 is 0.931 bits per heavy atom. The van der Waals surface area contributed by atoms with Crippen LogP contribution in [0.1, 0.15) is 60.0 Å². The Kier molecular flexibility index (Phi) is 4.62. The molecule has 0 aromatic heterocycles. The van der Waals surface area contributed by atoms with Gasteiger partial charge in [-0.25, -0.2) is 0 Å². The molecule has 0 atom stereocenters. The van der Waals surface area contributed by atoms with Crippen molar-refractivity contribution in [3.05, 3.63) is 59.2 Å². The van der Waals surface area contributed by atoms with Crippen LogP contribution in [0, 0.1) is 31.6 Å². The summed E-state index contributed by atoms with van der Waals surface area (Å²) in [7, 11) is 0. The zero-order chi connectivity index (χ0) is 20.0. The van der Waals surface area contributed by atoms with Crippen LogP contribution >= 0.6 is 0 Å². The second-order valence-electron chi connectivity index (χ2n) is 9.72. The average molecular weight is 392 g/mol. The molecule has 0 amide bonds. The lowest BCUT2D eigenvalue weighted by Gasteiger charge is -2.52. The van der Waals surface area contributed by atoms with Crippen LogP contribution in [-0.2, 0) is 4.84 Å². The van der Waals surface area contributed by atoms with Crippen LogP contribution in [0.3, 0.4) is 0 Å². The van der Waals surface area contributed by atoms with Crippen LogP contribution in [-0.4, -0.2) is 11.5 Å². The first-order valence-corrected chi connectivity index (χ1v) is 11.0. The fourth-order valence-electron chi connectivity index (χ4n) is 6.37. The molecule has 4 heteroatoms. The molecule has 4 saturated carbocycles. The minimum Gasteiger partial charge on any atom is -0.354 e. The summed E-state index contributed by atoms with van der Waals surface area (Å²) in [5.74, 6) is 2.27. The van der Waals surface area contributed by atoms with Gasteiger partial charge in [0.25, 0.3) is 0 Å². The highest BCUT2D eigenvalue weighted by molar-refractivity contribution is 5.96. The fourth-order valence-corrected chi connectivity index (χ4v) is 6.37. The van der Waals surface area contributed by atoms with E-state index in [0.29, 0.717) is 5.56 Å². The maximum absolute atomic E-state index is 13.0. The van der Waals surface area contributed by atoms with Crippen molar-refractivity contribution >= 4 is 17.3 Å². The maximum Gasteiger partial charge on any atom is 0.672 e. The molecule has 0 unspecified atom stereocenters. The topological polar surface area (TPSA) is 57.8 Å². The molecule has 0 aliphatic heterocycles. The van der Waals surface area contributed by atoms with E-state index in [9.17, 15) is 4.79 Å². The molecule has 4 nitrogen and oxygen atoms in total. The van der Waals surface area contributed by atoms with Crippen molar-refractivity contribution < 1.29 is 15.1 Å². The Labute approximate surface area is 173 Å². The number of quaternary nitrogens is 1. The molecule has 3 N–H and O–H groups in total. The molecule has 0 heterocycles. The van der Waals surface area contributed by atoms with E-state index in [1.165, 1.54) is 49.7 Å². The van der Waals surface area contributed by atoms with Crippen LogP contribution in [0.15, 0.2) is 42.5 Å². The van der Waals surface area contributed by atoms with Crippen molar-refractivity contribution in [3.8, 4) is 0 Å². The number of benzene rings is 2. The highest BCUT2D eigenvalue weighted by atomic mass is 16.7. The fraction of sp³-hybridized carbons (Fsp3) is 0.480. The summed E-state index contributed by atoms with van der Waals surface area (Å²) in [6.07, 6.45) is 7.79. The smallest absolute Gasteiger partial charge is 0.354 e.